The van der Waals surface area contributed by atoms with E-state index in [1.54, 1.807) is 0 Å². The first kappa shape index (κ1) is 14.8. The molecule has 3 unspecified atom stereocenters. The Kier molecular flexibility index (Phi) is 5.64. The molecular formula is C15H29N3O. The molecule has 2 saturated heterocycles. The second-order valence-electron chi connectivity index (χ2n) is 6.12. The molecule has 2 heterocycles. The Morgan fingerprint density at radius 3 is 2.95 bits per heavy atom. The molecule has 4 heteroatoms. The molecule has 0 spiro atoms. The monoisotopic (exact) mass is 267 g/mol. The third-order valence-electron chi connectivity index (χ3n) is 4.54. The van der Waals surface area contributed by atoms with Gasteiger partial charge in [-0.3, -0.25) is 9.69 Å². The minimum Gasteiger partial charge on any atom is -0.355 e. The van der Waals surface area contributed by atoms with Crippen molar-refractivity contribution >= 4 is 5.91 Å². The highest BCUT2D eigenvalue weighted by Crippen LogP contribution is 2.22. The molecule has 0 aliphatic carbocycles. The van der Waals surface area contributed by atoms with Gasteiger partial charge in [0.2, 0.25) is 5.91 Å². The molecular weight excluding hydrogens is 238 g/mol. The van der Waals surface area contributed by atoms with E-state index in [1.165, 1.54) is 19.3 Å². The van der Waals surface area contributed by atoms with Crippen molar-refractivity contribution in [1.29, 1.82) is 0 Å². The molecule has 3 atom stereocenters. The highest BCUT2D eigenvalue weighted by Gasteiger charge is 2.33. The number of rotatable bonds is 4. The van der Waals surface area contributed by atoms with Gasteiger partial charge in [0.05, 0.1) is 6.04 Å². The van der Waals surface area contributed by atoms with Crippen LogP contribution in [-0.4, -0.2) is 49.1 Å². The highest BCUT2D eigenvalue weighted by atomic mass is 16.2. The molecule has 2 N–H and O–H groups in total. The SMILES string of the molecule is CCCNC1CCN(C2CCCCNC2=O)CC1C. The van der Waals surface area contributed by atoms with Crippen LogP contribution in [0.15, 0.2) is 0 Å². The summed E-state index contributed by atoms with van der Waals surface area (Å²) < 4.78 is 0. The lowest BCUT2D eigenvalue weighted by molar-refractivity contribution is -0.127. The molecule has 0 aromatic carbocycles. The number of hydrogen-bond acceptors (Lipinski definition) is 3. The van der Waals surface area contributed by atoms with Crippen molar-refractivity contribution in [1.82, 2.24) is 15.5 Å². The Labute approximate surface area is 117 Å². The number of hydrogen-bond donors (Lipinski definition) is 2. The van der Waals surface area contributed by atoms with Crippen LogP contribution in [0.1, 0.15) is 46.0 Å². The highest BCUT2D eigenvalue weighted by molar-refractivity contribution is 5.81. The summed E-state index contributed by atoms with van der Waals surface area (Å²) in [6.07, 6.45) is 5.70. The number of carbonyl (C=O) groups is 1. The molecule has 19 heavy (non-hydrogen) atoms. The van der Waals surface area contributed by atoms with Gasteiger partial charge in [0.25, 0.3) is 0 Å². The third kappa shape index (κ3) is 3.93. The van der Waals surface area contributed by atoms with Gasteiger partial charge in [-0.2, -0.15) is 0 Å². The van der Waals surface area contributed by atoms with Crippen LogP contribution in [0.25, 0.3) is 0 Å². The number of nitrogens with zero attached hydrogens (tertiary/aromatic N) is 1. The van der Waals surface area contributed by atoms with Crippen LogP contribution in [-0.2, 0) is 4.79 Å². The van der Waals surface area contributed by atoms with Gasteiger partial charge in [-0.05, 0) is 44.6 Å². The lowest BCUT2D eigenvalue weighted by atomic mass is 9.92. The largest absolute Gasteiger partial charge is 0.355 e. The second kappa shape index (κ2) is 7.25. The first-order chi connectivity index (χ1) is 9.22. The van der Waals surface area contributed by atoms with Gasteiger partial charge in [0.15, 0.2) is 0 Å². The fourth-order valence-corrected chi connectivity index (χ4v) is 3.37. The number of nitrogens with one attached hydrogen (secondary N) is 2. The van der Waals surface area contributed by atoms with Gasteiger partial charge >= 0.3 is 0 Å². The van der Waals surface area contributed by atoms with E-state index in [-0.39, 0.29) is 11.9 Å². The standard InChI is InChI=1S/C15H29N3O/c1-3-8-16-13-7-10-18(11-12(13)2)14-6-4-5-9-17-15(14)19/h12-14,16H,3-11H2,1-2H3,(H,17,19). The molecule has 0 aromatic rings. The van der Waals surface area contributed by atoms with E-state index in [0.29, 0.717) is 12.0 Å². The van der Waals surface area contributed by atoms with Gasteiger partial charge < -0.3 is 10.6 Å². The lowest BCUT2D eigenvalue weighted by Gasteiger charge is -2.40. The molecule has 0 bridgehead atoms. The molecule has 2 fully saturated rings. The smallest absolute Gasteiger partial charge is 0.237 e. The summed E-state index contributed by atoms with van der Waals surface area (Å²) in [6, 6.07) is 0.752. The van der Waals surface area contributed by atoms with Crippen LogP contribution >= 0.6 is 0 Å². The van der Waals surface area contributed by atoms with Crippen molar-refractivity contribution < 1.29 is 4.79 Å². The van der Waals surface area contributed by atoms with Crippen molar-refractivity contribution in [2.75, 3.05) is 26.2 Å². The number of carbonyl (C=O) groups excluding carboxylic acids is 1. The maximum Gasteiger partial charge on any atom is 0.237 e. The molecule has 0 saturated carbocycles. The fraction of sp³-hybridized carbons (Fsp3) is 0.933. The van der Waals surface area contributed by atoms with Crippen molar-refractivity contribution in [3.63, 3.8) is 0 Å². The maximum atomic E-state index is 12.1. The Bertz CT molecular complexity index is 295. The van der Waals surface area contributed by atoms with Crippen molar-refractivity contribution in [3.8, 4) is 0 Å². The summed E-state index contributed by atoms with van der Waals surface area (Å²) >= 11 is 0. The van der Waals surface area contributed by atoms with Crippen LogP contribution in [0, 0.1) is 5.92 Å². The second-order valence-corrected chi connectivity index (χ2v) is 6.12. The van der Waals surface area contributed by atoms with Gasteiger partial charge in [0, 0.05) is 25.7 Å². The Morgan fingerprint density at radius 2 is 2.21 bits per heavy atom. The Balaban J connectivity index is 1.87. The summed E-state index contributed by atoms with van der Waals surface area (Å²) in [4.78, 5) is 14.5. The number of amides is 1. The quantitative estimate of drug-likeness (QED) is 0.808. The van der Waals surface area contributed by atoms with E-state index in [0.717, 1.165) is 39.0 Å². The van der Waals surface area contributed by atoms with Gasteiger partial charge in [-0.1, -0.05) is 13.8 Å². The number of piperidine rings is 1. The van der Waals surface area contributed by atoms with E-state index in [2.05, 4.69) is 29.4 Å². The third-order valence-corrected chi connectivity index (χ3v) is 4.54. The van der Waals surface area contributed by atoms with E-state index in [1.807, 2.05) is 0 Å². The van der Waals surface area contributed by atoms with Crippen LogP contribution in [0.4, 0.5) is 0 Å². The van der Waals surface area contributed by atoms with E-state index in [9.17, 15) is 4.79 Å². The zero-order valence-corrected chi connectivity index (χ0v) is 12.5. The lowest BCUT2D eigenvalue weighted by Crippen LogP contribution is -2.54. The zero-order valence-electron chi connectivity index (χ0n) is 12.5. The average Bonchev–Trinajstić information content (AvgIpc) is 2.62. The average molecular weight is 267 g/mol. The minimum atomic E-state index is 0.122. The minimum absolute atomic E-state index is 0.122. The van der Waals surface area contributed by atoms with Crippen molar-refractivity contribution in [2.45, 2.75) is 58.0 Å². The molecule has 2 rings (SSSR count). The predicted octanol–water partition coefficient (Wildman–Crippen LogP) is 1.37. The summed E-state index contributed by atoms with van der Waals surface area (Å²) in [5, 5.41) is 6.70. The van der Waals surface area contributed by atoms with Crippen LogP contribution < -0.4 is 10.6 Å². The van der Waals surface area contributed by atoms with E-state index >= 15 is 0 Å². The summed E-state index contributed by atoms with van der Waals surface area (Å²) in [5.74, 6) is 0.890. The molecule has 110 valence electrons. The maximum absolute atomic E-state index is 12.1. The molecule has 2 aliphatic heterocycles. The zero-order chi connectivity index (χ0) is 13.7. The molecule has 1 amide bonds. The van der Waals surface area contributed by atoms with E-state index in [4.69, 9.17) is 0 Å². The molecule has 4 nitrogen and oxygen atoms in total. The predicted molar refractivity (Wildman–Crippen MR) is 78.1 cm³/mol. The van der Waals surface area contributed by atoms with Crippen LogP contribution in [0.3, 0.4) is 0 Å². The summed E-state index contributed by atoms with van der Waals surface area (Å²) in [7, 11) is 0. The summed E-state index contributed by atoms with van der Waals surface area (Å²) in [5.41, 5.74) is 0. The molecule has 0 aromatic heterocycles. The first-order valence-electron chi connectivity index (χ1n) is 7.97. The Morgan fingerprint density at radius 1 is 1.37 bits per heavy atom. The summed E-state index contributed by atoms with van der Waals surface area (Å²) in [6.45, 7) is 8.61. The molecule has 0 radical (unpaired) electrons. The number of likely N-dealkylation sites (tertiary alicyclic amines) is 1. The van der Waals surface area contributed by atoms with Crippen LogP contribution in [0.5, 0.6) is 0 Å². The fourth-order valence-electron chi connectivity index (χ4n) is 3.37. The Hall–Kier alpha value is -0.610. The normalized spacial score (nSPS) is 33.8. The van der Waals surface area contributed by atoms with Crippen molar-refractivity contribution in [3.05, 3.63) is 0 Å². The van der Waals surface area contributed by atoms with Crippen molar-refractivity contribution in [2.24, 2.45) is 5.92 Å². The first-order valence-corrected chi connectivity index (χ1v) is 7.97. The van der Waals surface area contributed by atoms with Crippen LogP contribution in [0.2, 0.25) is 0 Å². The van der Waals surface area contributed by atoms with E-state index < -0.39 is 0 Å². The van der Waals surface area contributed by atoms with Gasteiger partial charge in [0.1, 0.15) is 0 Å². The molecule has 2 aliphatic rings. The topological polar surface area (TPSA) is 44.4 Å². The van der Waals surface area contributed by atoms with Gasteiger partial charge in [-0.15, -0.1) is 0 Å². The van der Waals surface area contributed by atoms with Gasteiger partial charge in [-0.25, -0.2) is 0 Å².